The van der Waals surface area contributed by atoms with Crippen molar-refractivity contribution in [1.29, 1.82) is 0 Å². The standard InChI is InChI=1S/C21H35N3O3/c1-15(2)18-12-17(27-5)13-19(16(3)4)21(18)22-20(26)14-24-8-6-23(7-9-24)10-11-25/h12-13,15-16,25H,6-11,14H2,1-5H3,(H,22,26). The Balaban J connectivity index is 2.10. The number of amides is 1. The lowest BCUT2D eigenvalue weighted by molar-refractivity contribution is -0.117. The van der Waals surface area contributed by atoms with Crippen molar-refractivity contribution in [3.63, 3.8) is 0 Å². The number of piperazine rings is 1. The van der Waals surface area contributed by atoms with E-state index in [9.17, 15) is 4.79 Å². The van der Waals surface area contributed by atoms with Gasteiger partial charge in [-0.25, -0.2) is 0 Å². The van der Waals surface area contributed by atoms with Crippen LogP contribution in [0, 0.1) is 0 Å². The van der Waals surface area contributed by atoms with Crippen LogP contribution >= 0.6 is 0 Å². The van der Waals surface area contributed by atoms with Crippen LogP contribution in [0.25, 0.3) is 0 Å². The second-order valence-electron chi connectivity index (χ2n) is 7.88. The van der Waals surface area contributed by atoms with Crippen LogP contribution in [0.2, 0.25) is 0 Å². The number of β-amino-alcohol motifs (C(OH)–C–C–N with tert-alkyl or cyclic N) is 1. The van der Waals surface area contributed by atoms with Gasteiger partial charge < -0.3 is 15.2 Å². The molecule has 0 aromatic heterocycles. The first-order chi connectivity index (χ1) is 12.8. The molecule has 1 aliphatic rings. The lowest BCUT2D eigenvalue weighted by Crippen LogP contribution is -2.49. The number of nitrogens with one attached hydrogen (secondary N) is 1. The Labute approximate surface area is 163 Å². The summed E-state index contributed by atoms with van der Waals surface area (Å²) in [7, 11) is 1.68. The first-order valence-corrected chi connectivity index (χ1v) is 9.93. The number of anilines is 1. The van der Waals surface area contributed by atoms with Crippen LogP contribution in [0.3, 0.4) is 0 Å². The highest BCUT2D eigenvalue weighted by molar-refractivity contribution is 5.94. The summed E-state index contributed by atoms with van der Waals surface area (Å²) >= 11 is 0. The minimum absolute atomic E-state index is 0.0274. The smallest absolute Gasteiger partial charge is 0.238 e. The Morgan fingerprint density at radius 1 is 1.07 bits per heavy atom. The summed E-state index contributed by atoms with van der Waals surface area (Å²) in [4.78, 5) is 17.2. The van der Waals surface area contributed by atoms with Crippen LogP contribution in [0.4, 0.5) is 5.69 Å². The molecule has 1 amide bonds. The molecule has 152 valence electrons. The summed E-state index contributed by atoms with van der Waals surface area (Å²) in [5, 5.41) is 12.2. The van der Waals surface area contributed by atoms with Crippen molar-refractivity contribution < 1.29 is 14.6 Å². The van der Waals surface area contributed by atoms with Gasteiger partial charge in [-0.2, -0.15) is 0 Å². The Morgan fingerprint density at radius 2 is 1.59 bits per heavy atom. The van der Waals surface area contributed by atoms with E-state index in [1.54, 1.807) is 7.11 Å². The zero-order valence-corrected chi connectivity index (χ0v) is 17.4. The highest BCUT2D eigenvalue weighted by Crippen LogP contribution is 2.36. The average Bonchev–Trinajstić information content (AvgIpc) is 2.63. The normalized spacial score (nSPS) is 16.1. The SMILES string of the molecule is COc1cc(C(C)C)c(NC(=O)CN2CCN(CCO)CC2)c(C(C)C)c1. The molecular formula is C21H35N3O3. The topological polar surface area (TPSA) is 65.0 Å². The third kappa shape index (κ3) is 5.92. The molecule has 0 unspecified atom stereocenters. The number of methoxy groups -OCH3 is 1. The van der Waals surface area contributed by atoms with Crippen LogP contribution in [-0.2, 0) is 4.79 Å². The summed E-state index contributed by atoms with van der Waals surface area (Å²) in [5.74, 6) is 1.44. The second-order valence-corrected chi connectivity index (χ2v) is 7.88. The van der Waals surface area contributed by atoms with Crippen molar-refractivity contribution in [2.75, 3.05) is 58.3 Å². The fraction of sp³-hybridized carbons (Fsp3) is 0.667. The maximum Gasteiger partial charge on any atom is 0.238 e. The number of nitrogens with zero attached hydrogens (tertiary/aromatic N) is 2. The summed E-state index contributed by atoms with van der Waals surface area (Å²) in [6, 6.07) is 4.06. The van der Waals surface area contributed by atoms with Crippen LogP contribution in [0.5, 0.6) is 5.75 Å². The molecule has 1 saturated heterocycles. The Morgan fingerprint density at radius 3 is 2.04 bits per heavy atom. The Bertz CT molecular complexity index is 594. The van der Waals surface area contributed by atoms with Crippen LogP contribution in [-0.4, -0.2) is 73.8 Å². The minimum atomic E-state index is 0.0274. The molecule has 1 aromatic rings. The maximum absolute atomic E-state index is 12.8. The predicted molar refractivity (Wildman–Crippen MR) is 110 cm³/mol. The van der Waals surface area contributed by atoms with Gasteiger partial charge in [0.1, 0.15) is 5.75 Å². The molecule has 2 N–H and O–H groups in total. The summed E-state index contributed by atoms with van der Waals surface area (Å²) in [6.07, 6.45) is 0. The number of benzene rings is 1. The quantitative estimate of drug-likeness (QED) is 0.729. The molecule has 6 heteroatoms. The average molecular weight is 378 g/mol. The third-order valence-electron chi connectivity index (χ3n) is 5.17. The van der Waals surface area contributed by atoms with Gasteiger partial charge in [0.25, 0.3) is 0 Å². The summed E-state index contributed by atoms with van der Waals surface area (Å²) < 4.78 is 5.46. The van der Waals surface area contributed by atoms with Crippen molar-refractivity contribution in [2.45, 2.75) is 39.5 Å². The van der Waals surface area contributed by atoms with Crippen molar-refractivity contribution in [3.8, 4) is 5.75 Å². The molecule has 1 aromatic carbocycles. The van der Waals surface area contributed by atoms with Gasteiger partial charge in [0.2, 0.25) is 5.91 Å². The molecule has 1 heterocycles. The zero-order valence-electron chi connectivity index (χ0n) is 17.4. The maximum atomic E-state index is 12.8. The van der Waals surface area contributed by atoms with E-state index in [-0.39, 0.29) is 24.3 Å². The molecule has 0 saturated carbocycles. The van der Waals surface area contributed by atoms with Gasteiger partial charge >= 0.3 is 0 Å². The zero-order chi connectivity index (χ0) is 20.0. The number of ether oxygens (including phenoxy) is 1. The van der Waals surface area contributed by atoms with E-state index in [4.69, 9.17) is 9.84 Å². The largest absolute Gasteiger partial charge is 0.497 e. The molecule has 1 fully saturated rings. The lowest BCUT2D eigenvalue weighted by atomic mass is 9.92. The van der Waals surface area contributed by atoms with Crippen molar-refractivity contribution in [3.05, 3.63) is 23.3 Å². The van der Waals surface area contributed by atoms with Gasteiger partial charge in [-0.3, -0.25) is 14.6 Å². The van der Waals surface area contributed by atoms with Gasteiger partial charge in [-0.05, 0) is 35.1 Å². The van der Waals surface area contributed by atoms with Gasteiger partial charge in [0.05, 0.1) is 20.3 Å². The van der Waals surface area contributed by atoms with E-state index in [2.05, 4.69) is 42.8 Å². The van der Waals surface area contributed by atoms with E-state index in [0.717, 1.165) is 48.7 Å². The molecule has 0 bridgehead atoms. The Hall–Kier alpha value is -1.63. The number of aliphatic hydroxyl groups is 1. The van der Waals surface area contributed by atoms with Crippen molar-refractivity contribution >= 4 is 11.6 Å². The van der Waals surface area contributed by atoms with Crippen LogP contribution in [0.1, 0.15) is 50.7 Å². The number of hydrogen-bond donors (Lipinski definition) is 2. The fourth-order valence-electron chi connectivity index (χ4n) is 3.53. The van der Waals surface area contributed by atoms with Crippen molar-refractivity contribution in [1.82, 2.24) is 9.80 Å². The number of carbonyl (C=O) groups excluding carboxylic acids is 1. The fourth-order valence-corrected chi connectivity index (χ4v) is 3.53. The van der Waals surface area contributed by atoms with E-state index in [0.29, 0.717) is 13.1 Å². The molecule has 2 rings (SSSR count). The molecule has 1 aliphatic heterocycles. The number of aliphatic hydroxyl groups excluding tert-OH is 1. The van der Waals surface area contributed by atoms with E-state index in [1.807, 2.05) is 12.1 Å². The van der Waals surface area contributed by atoms with Crippen LogP contribution in [0.15, 0.2) is 12.1 Å². The monoisotopic (exact) mass is 377 g/mol. The number of carbonyl (C=O) groups is 1. The highest BCUT2D eigenvalue weighted by Gasteiger charge is 2.21. The van der Waals surface area contributed by atoms with Gasteiger partial charge in [0.15, 0.2) is 0 Å². The molecule has 0 aliphatic carbocycles. The van der Waals surface area contributed by atoms with Crippen LogP contribution < -0.4 is 10.1 Å². The lowest BCUT2D eigenvalue weighted by Gasteiger charge is -2.34. The van der Waals surface area contributed by atoms with E-state index in [1.165, 1.54) is 0 Å². The second kappa shape index (κ2) is 10.1. The molecule has 27 heavy (non-hydrogen) atoms. The van der Waals surface area contributed by atoms with Crippen molar-refractivity contribution in [2.24, 2.45) is 0 Å². The van der Waals surface area contributed by atoms with E-state index >= 15 is 0 Å². The highest BCUT2D eigenvalue weighted by atomic mass is 16.5. The van der Waals surface area contributed by atoms with Gasteiger partial charge in [0, 0.05) is 38.4 Å². The summed E-state index contributed by atoms with van der Waals surface area (Å²) in [6.45, 7) is 13.3. The molecule has 0 spiro atoms. The predicted octanol–water partition coefficient (Wildman–Crippen LogP) is 2.49. The first kappa shape index (κ1) is 21.7. The number of rotatable bonds is 8. The van der Waals surface area contributed by atoms with Gasteiger partial charge in [-0.15, -0.1) is 0 Å². The van der Waals surface area contributed by atoms with Gasteiger partial charge in [-0.1, -0.05) is 27.7 Å². The minimum Gasteiger partial charge on any atom is -0.497 e. The number of hydrogen-bond acceptors (Lipinski definition) is 5. The molecule has 0 radical (unpaired) electrons. The molecule has 6 nitrogen and oxygen atoms in total. The van der Waals surface area contributed by atoms with E-state index < -0.39 is 0 Å². The third-order valence-corrected chi connectivity index (χ3v) is 5.17. The Kier molecular flexibility index (Phi) is 8.07. The summed E-state index contributed by atoms with van der Waals surface area (Å²) in [5.41, 5.74) is 3.16. The molecular weight excluding hydrogens is 342 g/mol. The molecule has 0 atom stereocenters. The first-order valence-electron chi connectivity index (χ1n) is 9.93.